The zero-order valence-corrected chi connectivity index (χ0v) is 10.4. The Morgan fingerprint density at radius 1 is 1.35 bits per heavy atom. The van der Waals surface area contributed by atoms with Crippen LogP contribution >= 0.6 is 11.5 Å². The van der Waals surface area contributed by atoms with Crippen molar-refractivity contribution in [2.45, 2.75) is 19.8 Å². The third-order valence-electron chi connectivity index (χ3n) is 2.32. The normalized spacial score (nSPS) is 10.5. The van der Waals surface area contributed by atoms with Crippen molar-refractivity contribution in [3.05, 3.63) is 35.7 Å². The molecule has 0 aliphatic carbocycles. The standard InChI is InChI=1S/C12H14N2O2S/c1-2-11-13-12(17-14-11)16-10-6-4-3-5-9(10)7-8-15/h3-6,15H,2,7-8H2,1H3. The maximum absolute atomic E-state index is 8.97. The highest BCUT2D eigenvalue weighted by Gasteiger charge is 2.07. The highest BCUT2D eigenvalue weighted by Crippen LogP contribution is 2.26. The lowest BCUT2D eigenvalue weighted by molar-refractivity contribution is 0.298. The molecule has 0 aliphatic heterocycles. The summed E-state index contributed by atoms with van der Waals surface area (Å²) in [4.78, 5) is 4.25. The van der Waals surface area contributed by atoms with E-state index in [2.05, 4.69) is 9.36 Å². The first kappa shape index (κ1) is 12.0. The van der Waals surface area contributed by atoms with E-state index in [4.69, 9.17) is 9.84 Å². The highest BCUT2D eigenvalue weighted by molar-refractivity contribution is 7.07. The molecule has 0 radical (unpaired) electrons. The van der Waals surface area contributed by atoms with Crippen molar-refractivity contribution in [3.8, 4) is 10.9 Å². The summed E-state index contributed by atoms with van der Waals surface area (Å²) in [5.41, 5.74) is 0.975. The molecule has 0 spiro atoms. The number of para-hydroxylation sites is 1. The van der Waals surface area contributed by atoms with Gasteiger partial charge in [0.1, 0.15) is 11.6 Å². The van der Waals surface area contributed by atoms with Crippen molar-refractivity contribution >= 4 is 11.5 Å². The van der Waals surface area contributed by atoms with Crippen molar-refractivity contribution in [1.29, 1.82) is 0 Å². The molecule has 2 aromatic rings. The monoisotopic (exact) mass is 250 g/mol. The molecule has 0 fully saturated rings. The number of aromatic nitrogens is 2. The van der Waals surface area contributed by atoms with Gasteiger partial charge in [-0.05, 0) is 18.1 Å². The minimum Gasteiger partial charge on any atom is -0.430 e. The molecule has 1 aromatic carbocycles. The van der Waals surface area contributed by atoms with Crippen LogP contribution in [0.2, 0.25) is 0 Å². The Kier molecular flexibility index (Phi) is 4.06. The second-order valence-electron chi connectivity index (χ2n) is 3.51. The molecule has 0 unspecified atom stereocenters. The van der Waals surface area contributed by atoms with Gasteiger partial charge in [-0.1, -0.05) is 25.1 Å². The first-order chi connectivity index (χ1) is 8.33. The van der Waals surface area contributed by atoms with Crippen LogP contribution in [0.4, 0.5) is 0 Å². The Balaban J connectivity index is 2.17. The summed E-state index contributed by atoms with van der Waals surface area (Å²) in [6.45, 7) is 2.11. The van der Waals surface area contributed by atoms with Gasteiger partial charge in [0.2, 0.25) is 0 Å². The zero-order valence-electron chi connectivity index (χ0n) is 9.59. The molecule has 2 rings (SSSR count). The number of hydrogen-bond donors (Lipinski definition) is 1. The van der Waals surface area contributed by atoms with Crippen LogP contribution in [0.25, 0.3) is 0 Å². The maximum atomic E-state index is 8.97. The summed E-state index contributed by atoms with van der Waals surface area (Å²) in [5.74, 6) is 1.53. The molecule has 17 heavy (non-hydrogen) atoms. The Morgan fingerprint density at radius 3 is 2.88 bits per heavy atom. The highest BCUT2D eigenvalue weighted by atomic mass is 32.1. The Morgan fingerprint density at radius 2 is 2.18 bits per heavy atom. The van der Waals surface area contributed by atoms with E-state index >= 15 is 0 Å². The van der Waals surface area contributed by atoms with E-state index in [0.717, 1.165) is 23.6 Å². The van der Waals surface area contributed by atoms with E-state index in [1.165, 1.54) is 11.5 Å². The van der Waals surface area contributed by atoms with Crippen molar-refractivity contribution in [1.82, 2.24) is 9.36 Å². The summed E-state index contributed by atoms with van der Waals surface area (Å²) in [5, 5.41) is 9.52. The molecular formula is C12H14N2O2S. The SMILES string of the molecule is CCc1nsc(Oc2ccccc2CCO)n1. The van der Waals surface area contributed by atoms with Crippen LogP contribution in [-0.4, -0.2) is 21.1 Å². The molecule has 0 atom stereocenters. The van der Waals surface area contributed by atoms with Gasteiger partial charge >= 0.3 is 0 Å². The van der Waals surface area contributed by atoms with Gasteiger partial charge in [-0.15, -0.1) is 0 Å². The van der Waals surface area contributed by atoms with Crippen LogP contribution < -0.4 is 4.74 Å². The molecule has 0 saturated heterocycles. The predicted molar refractivity (Wildman–Crippen MR) is 66.6 cm³/mol. The molecule has 0 amide bonds. The molecule has 4 nitrogen and oxygen atoms in total. The van der Waals surface area contributed by atoms with Gasteiger partial charge in [0.05, 0.1) is 0 Å². The third-order valence-corrected chi connectivity index (χ3v) is 2.95. The summed E-state index contributed by atoms with van der Waals surface area (Å²) < 4.78 is 9.84. The molecular weight excluding hydrogens is 236 g/mol. The van der Waals surface area contributed by atoms with Crippen molar-refractivity contribution in [3.63, 3.8) is 0 Å². The maximum Gasteiger partial charge on any atom is 0.298 e. The molecule has 0 bridgehead atoms. The van der Waals surface area contributed by atoms with E-state index in [1.807, 2.05) is 31.2 Å². The fourth-order valence-corrected chi connectivity index (χ4v) is 2.07. The summed E-state index contributed by atoms with van der Waals surface area (Å²) in [6.07, 6.45) is 1.38. The Labute approximate surface area is 104 Å². The van der Waals surface area contributed by atoms with Gasteiger partial charge in [0.25, 0.3) is 5.19 Å². The number of aliphatic hydroxyl groups excluding tert-OH is 1. The lowest BCUT2D eigenvalue weighted by atomic mass is 10.1. The largest absolute Gasteiger partial charge is 0.430 e. The second kappa shape index (κ2) is 5.75. The Bertz CT molecular complexity index is 485. The number of hydrogen-bond acceptors (Lipinski definition) is 5. The Hall–Kier alpha value is -1.46. The van der Waals surface area contributed by atoms with Crippen LogP contribution in [0.15, 0.2) is 24.3 Å². The zero-order chi connectivity index (χ0) is 12.1. The summed E-state index contributed by atoms with van der Waals surface area (Å²) in [7, 11) is 0. The minimum absolute atomic E-state index is 0.108. The summed E-state index contributed by atoms with van der Waals surface area (Å²) >= 11 is 1.25. The quantitative estimate of drug-likeness (QED) is 0.885. The fraction of sp³-hybridized carbons (Fsp3) is 0.333. The molecule has 1 N–H and O–H groups in total. The first-order valence-corrected chi connectivity index (χ1v) is 6.30. The number of rotatable bonds is 5. The minimum atomic E-state index is 0.108. The first-order valence-electron chi connectivity index (χ1n) is 5.52. The van der Waals surface area contributed by atoms with Crippen LogP contribution in [0.5, 0.6) is 10.9 Å². The number of aryl methyl sites for hydroxylation is 1. The second-order valence-corrected chi connectivity index (χ2v) is 4.23. The van der Waals surface area contributed by atoms with Gasteiger partial charge in [0.15, 0.2) is 0 Å². The average molecular weight is 250 g/mol. The van der Waals surface area contributed by atoms with Gasteiger partial charge in [-0.3, -0.25) is 0 Å². The molecule has 0 saturated carbocycles. The van der Waals surface area contributed by atoms with Gasteiger partial charge < -0.3 is 9.84 Å². The molecule has 5 heteroatoms. The van der Waals surface area contributed by atoms with Gasteiger partial charge in [-0.25, -0.2) is 0 Å². The summed E-state index contributed by atoms with van der Waals surface area (Å²) in [6, 6.07) is 7.64. The average Bonchev–Trinajstić information content (AvgIpc) is 2.80. The molecule has 1 aromatic heterocycles. The van der Waals surface area contributed by atoms with Gasteiger partial charge in [-0.2, -0.15) is 9.36 Å². The van der Waals surface area contributed by atoms with E-state index < -0.39 is 0 Å². The lowest BCUT2D eigenvalue weighted by Gasteiger charge is -2.06. The van der Waals surface area contributed by atoms with Crippen molar-refractivity contribution in [2.24, 2.45) is 0 Å². The van der Waals surface area contributed by atoms with Crippen LogP contribution in [-0.2, 0) is 12.8 Å². The smallest absolute Gasteiger partial charge is 0.298 e. The van der Waals surface area contributed by atoms with E-state index in [-0.39, 0.29) is 6.61 Å². The van der Waals surface area contributed by atoms with Crippen LogP contribution in [0, 0.1) is 0 Å². The number of ether oxygens (including phenoxy) is 1. The van der Waals surface area contributed by atoms with Crippen LogP contribution in [0.1, 0.15) is 18.3 Å². The van der Waals surface area contributed by atoms with Crippen LogP contribution in [0.3, 0.4) is 0 Å². The van der Waals surface area contributed by atoms with Gasteiger partial charge in [0, 0.05) is 24.6 Å². The molecule has 1 heterocycles. The number of nitrogens with zero attached hydrogens (tertiary/aromatic N) is 2. The van der Waals surface area contributed by atoms with E-state index in [1.54, 1.807) is 0 Å². The van der Waals surface area contributed by atoms with Crippen molar-refractivity contribution in [2.75, 3.05) is 6.61 Å². The topological polar surface area (TPSA) is 55.2 Å². The molecule has 90 valence electrons. The predicted octanol–water partition coefficient (Wildman–Crippen LogP) is 2.43. The number of benzene rings is 1. The fourth-order valence-electron chi connectivity index (χ4n) is 1.45. The van der Waals surface area contributed by atoms with Crippen molar-refractivity contribution < 1.29 is 9.84 Å². The van der Waals surface area contributed by atoms with E-state index in [9.17, 15) is 0 Å². The lowest BCUT2D eigenvalue weighted by Crippen LogP contribution is -1.95. The third kappa shape index (κ3) is 3.01. The molecule has 0 aliphatic rings. The van der Waals surface area contributed by atoms with E-state index in [0.29, 0.717) is 11.6 Å². The number of aliphatic hydroxyl groups is 1.